The van der Waals surface area contributed by atoms with E-state index in [1.807, 2.05) is 0 Å². The van der Waals surface area contributed by atoms with Crippen molar-refractivity contribution < 1.29 is 24.5 Å². The lowest BCUT2D eigenvalue weighted by Crippen LogP contribution is -2.18. The van der Waals surface area contributed by atoms with Gasteiger partial charge in [0, 0.05) is 0 Å². The number of Topliss-reactive ketones (excluding diaryl/α,β-unsaturated/α-hetero) is 1. The third kappa shape index (κ3) is 3.74. The smallest absolute Gasteiger partial charge is 0.343 e. The number of carbonyl (C=O) groups excluding carboxylic acids is 2. The summed E-state index contributed by atoms with van der Waals surface area (Å²) in [5.74, 6) is -1.16. The molecule has 2 unspecified atom stereocenters. The van der Waals surface area contributed by atoms with Gasteiger partial charge in [-0.3, -0.25) is 4.79 Å². The van der Waals surface area contributed by atoms with Gasteiger partial charge in [-0.15, -0.1) is 0 Å². The zero-order valence-corrected chi connectivity index (χ0v) is 11.3. The fourth-order valence-corrected chi connectivity index (χ4v) is 3.63. The highest BCUT2D eigenvalue weighted by Crippen LogP contribution is 2.46. The highest BCUT2D eigenvalue weighted by atomic mass is 32.2. The van der Waals surface area contributed by atoms with Crippen LogP contribution in [0.1, 0.15) is 20.8 Å². The van der Waals surface area contributed by atoms with Crippen LogP contribution in [0, 0.1) is 0 Å². The summed E-state index contributed by atoms with van der Waals surface area (Å²) in [6.45, 7) is 4.61. The number of aliphatic hydroxyl groups is 2. The molecule has 17 heavy (non-hydrogen) atoms. The summed E-state index contributed by atoms with van der Waals surface area (Å²) in [4.78, 5) is 23.1. The zero-order valence-electron chi connectivity index (χ0n) is 9.67. The Morgan fingerprint density at radius 2 is 1.71 bits per heavy atom. The minimum atomic E-state index is -1.03. The van der Waals surface area contributed by atoms with Crippen molar-refractivity contribution in [3.8, 4) is 0 Å². The van der Waals surface area contributed by atoms with Crippen molar-refractivity contribution in [1.29, 1.82) is 0 Å². The Hall–Kier alpha value is -0.500. The van der Waals surface area contributed by atoms with E-state index in [9.17, 15) is 19.8 Å². The first kappa shape index (κ1) is 14.6. The van der Waals surface area contributed by atoms with Crippen LogP contribution in [0.4, 0.5) is 0 Å². The van der Waals surface area contributed by atoms with E-state index in [1.165, 1.54) is 6.92 Å². The van der Waals surface area contributed by atoms with Gasteiger partial charge in [-0.25, -0.2) is 4.79 Å². The molecule has 0 aromatic carbocycles. The van der Waals surface area contributed by atoms with Crippen LogP contribution in [0.2, 0.25) is 0 Å². The van der Waals surface area contributed by atoms with E-state index < -0.39 is 22.6 Å². The van der Waals surface area contributed by atoms with Crippen LogP contribution in [-0.4, -0.2) is 38.9 Å². The van der Waals surface area contributed by atoms with Crippen LogP contribution >= 0.6 is 23.5 Å². The van der Waals surface area contributed by atoms with E-state index in [0.29, 0.717) is 4.24 Å². The topological polar surface area (TPSA) is 83.8 Å². The van der Waals surface area contributed by atoms with E-state index in [-0.39, 0.29) is 11.7 Å². The number of ether oxygens (including phenoxy) is 1. The lowest BCUT2D eigenvalue weighted by atomic mass is 10.2. The second kappa shape index (κ2) is 5.90. The number of aliphatic hydroxyl groups excluding tert-OH is 2. The fourth-order valence-electron chi connectivity index (χ4n) is 1.13. The van der Waals surface area contributed by atoms with E-state index in [2.05, 4.69) is 0 Å². The predicted octanol–water partition coefficient (Wildman–Crippen LogP) is 0.855. The molecule has 7 heteroatoms. The third-order valence-corrected chi connectivity index (χ3v) is 4.39. The quantitative estimate of drug-likeness (QED) is 0.343. The van der Waals surface area contributed by atoms with Crippen molar-refractivity contribution in [3.05, 3.63) is 9.81 Å². The van der Waals surface area contributed by atoms with Crippen molar-refractivity contribution in [2.75, 3.05) is 0 Å². The molecule has 0 spiro atoms. The van der Waals surface area contributed by atoms with Crippen LogP contribution < -0.4 is 0 Å². The van der Waals surface area contributed by atoms with Crippen LogP contribution in [0.3, 0.4) is 0 Å². The van der Waals surface area contributed by atoms with E-state index in [1.54, 1.807) is 13.8 Å². The van der Waals surface area contributed by atoms with Gasteiger partial charge in [-0.2, -0.15) is 0 Å². The van der Waals surface area contributed by atoms with Crippen LogP contribution in [0.15, 0.2) is 9.81 Å². The molecule has 1 rings (SSSR count). The molecule has 0 aliphatic carbocycles. The third-order valence-electron chi connectivity index (χ3n) is 1.80. The Kier molecular flexibility index (Phi) is 5.05. The van der Waals surface area contributed by atoms with Gasteiger partial charge in [-0.05, 0) is 20.8 Å². The highest BCUT2D eigenvalue weighted by molar-refractivity contribution is 8.25. The maximum atomic E-state index is 11.7. The molecule has 1 aliphatic heterocycles. The SMILES string of the molecule is CC(=O)C(C(=O)OC(C)C)=C1SC(O)C(O)S1. The monoisotopic (exact) mass is 278 g/mol. The summed E-state index contributed by atoms with van der Waals surface area (Å²) in [5.41, 5.74) is -2.17. The Morgan fingerprint density at radius 3 is 2.06 bits per heavy atom. The first-order valence-electron chi connectivity index (χ1n) is 4.98. The van der Waals surface area contributed by atoms with Crippen molar-refractivity contribution in [2.45, 2.75) is 37.7 Å². The molecule has 0 amide bonds. The van der Waals surface area contributed by atoms with Crippen molar-refractivity contribution in [1.82, 2.24) is 0 Å². The average Bonchev–Trinajstić information content (AvgIpc) is 2.44. The molecule has 0 saturated carbocycles. The van der Waals surface area contributed by atoms with E-state index in [4.69, 9.17) is 4.74 Å². The fraction of sp³-hybridized carbons (Fsp3) is 0.600. The number of hydrogen-bond acceptors (Lipinski definition) is 7. The summed E-state index contributed by atoms with van der Waals surface area (Å²) in [7, 11) is 0. The van der Waals surface area contributed by atoms with Crippen molar-refractivity contribution in [3.63, 3.8) is 0 Å². The lowest BCUT2D eigenvalue weighted by Gasteiger charge is -2.10. The molecule has 1 saturated heterocycles. The number of thioether (sulfide) groups is 2. The maximum Gasteiger partial charge on any atom is 0.343 e. The molecule has 0 aromatic rings. The van der Waals surface area contributed by atoms with Crippen molar-refractivity contribution >= 4 is 35.3 Å². The molecule has 96 valence electrons. The standard InChI is InChI=1S/C10H14O5S2/c1-4(2)15-7(12)6(5(3)11)10-16-8(13)9(14)17-10/h4,8-9,13-14H,1-3H3. The van der Waals surface area contributed by atoms with E-state index >= 15 is 0 Å². The second-order valence-electron chi connectivity index (χ2n) is 3.69. The van der Waals surface area contributed by atoms with Gasteiger partial charge in [0.2, 0.25) is 0 Å². The number of carbonyl (C=O) groups is 2. The van der Waals surface area contributed by atoms with E-state index in [0.717, 1.165) is 23.5 Å². The summed E-state index contributed by atoms with van der Waals surface area (Å²) >= 11 is 1.78. The summed E-state index contributed by atoms with van der Waals surface area (Å²) in [5, 5.41) is 18.7. The van der Waals surface area contributed by atoms with Crippen LogP contribution in [0.5, 0.6) is 0 Å². The number of ketones is 1. The van der Waals surface area contributed by atoms with Crippen LogP contribution in [0.25, 0.3) is 0 Å². The molecular weight excluding hydrogens is 264 g/mol. The summed E-state index contributed by atoms with van der Waals surface area (Å²) < 4.78 is 5.26. The maximum absolute atomic E-state index is 11.7. The average molecular weight is 278 g/mol. The lowest BCUT2D eigenvalue weighted by molar-refractivity contribution is -0.143. The number of hydrogen-bond donors (Lipinski definition) is 2. The van der Waals surface area contributed by atoms with Gasteiger partial charge < -0.3 is 14.9 Å². The van der Waals surface area contributed by atoms with Gasteiger partial charge in [-0.1, -0.05) is 23.5 Å². The number of rotatable bonds is 3. The molecule has 0 radical (unpaired) electrons. The van der Waals surface area contributed by atoms with Gasteiger partial charge in [0.25, 0.3) is 0 Å². The minimum Gasteiger partial charge on any atom is -0.459 e. The molecule has 1 heterocycles. The molecule has 2 N–H and O–H groups in total. The number of esters is 1. The van der Waals surface area contributed by atoms with Gasteiger partial charge in [0.1, 0.15) is 16.4 Å². The normalized spacial score (nSPS) is 24.0. The Balaban J connectivity index is 2.98. The van der Waals surface area contributed by atoms with Crippen molar-refractivity contribution in [2.24, 2.45) is 0 Å². The Morgan fingerprint density at radius 1 is 1.24 bits per heavy atom. The van der Waals surface area contributed by atoms with Gasteiger partial charge in [0.15, 0.2) is 5.78 Å². The largest absolute Gasteiger partial charge is 0.459 e. The molecular formula is C10H14O5S2. The minimum absolute atomic E-state index is 0.107. The molecule has 0 aromatic heterocycles. The highest BCUT2D eigenvalue weighted by Gasteiger charge is 2.34. The van der Waals surface area contributed by atoms with Gasteiger partial charge >= 0.3 is 5.97 Å². The first-order valence-corrected chi connectivity index (χ1v) is 6.74. The molecule has 5 nitrogen and oxygen atoms in total. The van der Waals surface area contributed by atoms with Crippen LogP contribution in [-0.2, 0) is 14.3 Å². The van der Waals surface area contributed by atoms with Gasteiger partial charge in [0.05, 0.1) is 10.3 Å². The molecule has 1 fully saturated rings. The molecule has 0 bridgehead atoms. The summed E-state index contributed by atoms with van der Waals surface area (Å²) in [6, 6.07) is 0. The Bertz CT molecular complexity index is 352. The Labute approximate surface area is 108 Å². The zero-order chi connectivity index (χ0) is 13.2. The second-order valence-corrected chi connectivity index (χ2v) is 6.20. The molecule has 1 aliphatic rings. The predicted molar refractivity (Wildman–Crippen MR) is 66.1 cm³/mol. The molecule has 2 atom stereocenters. The first-order chi connectivity index (χ1) is 7.82. The summed E-state index contributed by atoms with van der Waals surface area (Å²) in [6.07, 6.45) is -0.330.